The number of hydrogen-bond donors (Lipinski definition) is 0. The number of rotatable bonds is 7. The first-order chi connectivity index (χ1) is 19.2. The van der Waals surface area contributed by atoms with Crippen molar-refractivity contribution in [2.45, 2.75) is 49.0 Å². The van der Waals surface area contributed by atoms with E-state index >= 15 is 0 Å². The van der Waals surface area contributed by atoms with Crippen molar-refractivity contribution in [3.05, 3.63) is 83.2 Å². The second kappa shape index (κ2) is 12.2. The van der Waals surface area contributed by atoms with Crippen molar-refractivity contribution in [3.63, 3.8) is 0 Å². The van der Waals surface area contributed by atoms with E-state index in [4.69, 9.17) is 9.47 Å². The lowest BCUT2D eigenvalue weighted by Gasteiger charge is -2.38. The highest BCUT2D eigenvalue weighted by molar-refractivity contribution is 7.98. The molecule has 5 rings (SSSR count). The van der Waals surface area contributed by atoms with Crippen LogP contribution in [0.1, 0.15) is 53.7 Å². The number of fused-ring (bicyclic) bond motifs is 1. The van der Waals surface area contributed by atoms with Gasteiger partial charge in [-0.05, 0) is 86.3 Å². The molecule has 10 heteroatoms. The lowest BCUT2D eigenvalue weighted by atomic mass is 9.84. The van der Waals surface area contributed by atoms with Gasteiger partial charge in [0.05, 0.1) is 6.20 Å². The first kappa shape index (κ1) is 28.4. The average Bonchev–Trinajstić information content (AvgIpc) is 2.94. The van der Waals surface area contributed by atoms with Crippen LogP contribution in [0.3, 0.4) is 0 Å². The Bertz CT molecular complexity index is 1330. The van der Waals surface area contributed by atoms with Gasteiger partial charge in [0, 0.05) is 35.7 Å². The fourth-order valence-electron chi connectivity index (χ4n) is 5.43. The van der Waals surface area contributed by atoms with E-state index in [2.05, 4.69) is 9.88 Å². The van der Waals surface area contributed by atoms with Crippen molar-refractivity contribution < 1.29 is 27.4 Å². The molecule has 1 saturated heterocycles. The Balaban J connectivity index is 1.44. The van der Waals surface area contributed by atoms with Gasteiger partial charge in [-0.3, -0.25) is 14.8 Å². The lowest BCUT2D eigenvalue weighted by molar-refractivity contribution is -0.213. The predicted octanol–water partition coefficient (Wildman–Crippen LogP) is 6.76. The van der Waals surface area contributed by atoms with Gasteiger partial charge in [0.15, 0.2) is 6.23 Å². The number of nitrogens with zero attached hydrogens (tertiary/aromatic N) is 3. The number of carbonyl (C=O) groups is 1. The average molecular weight is 572 g/mol. The quantitative estimate of drug-likeness (QED) is 0.229. The molecule has 1 aromatic heterocycles. The first-order valence-corrected chi connectivity index (χ1v) is 14.5. The van der Waals surface area contributed by atoms with E-state index in [0.717, 1.165) is 41.2 Å². The van der Waals surface area contributed by atoms with Crippen LogP contribution in [0.25, 0.3) is 0 Å². The largest absolute Gasteiger partial charge is 0.490 e. The summed E-state index contributed by atoms with van der Waals surface area (Å²) < 4.78 is 50.6. The number of piperidine rings is 1. The number of esters is 1. The minimum Gasteiger partial charge on any atom is -0.456 e. The third-order valence-corrected chi connectivity index (χ3v) is 8.14. The molecule has 2 aliphatic rings. The molecule has 0 spiro atoms. The fraction of sp³-hybridized carbons (Fsp3) is 0.400. The van der Waals surface area contributed by atoms with E-state index in [-0.39, 0.29) is 5.92 Å². The van der Waals surface area contributed by atoms with E-state index in [1.54, 1.807) is 42.0 Å². The monoisotopic (exact) mass is 571 g/mol. The molecule has 0 saturated carbocycles. The summed E-state index contributed by atoms with van der Waals surface area (Å²) in [5.41, 5.74) is 3.30. The Labute approximate surface area is 236 Å². The summed E-state index contributed by atoms with van der Waals surface area (Å²) in [5, 5.41) is 0. The van der Waals surface area contributed by atoms with E-state index in [1.165, 1.54) is 19.3 Å². The molecule has 2 aromatic carbocycles. The minimum atomic E-state index is -5.10. The Morgan fingerprint density at radius 2 is 1.75 bits per heavy atom. The van der Waals surface area contributed by atoms with E-state index in [0.29, 0.717) is 23.6 Å². The number of hydrogen-bond acceptors (Lipinski definition) is 7. The number of pyridine rings is 1. The SMILES string of the molecule is CSc1ccc(C2CN(C)C(OC(=O)C(F)(F)F)c3cc(Oc4cncc(CN5CCCCC5)c4)ccc32)cc1. The van der Waals surface area contributed by atoms with Crippen LogP contribution in [0.2, 0.25) is 0 Å². The molecule has 2 atom stereocenters. The van der Waals surface area contributed by atoms with E-state index < -0.39 is 18.4 Å². The van der Waals surface area contributed by atoms with Gasteiger partial charge in [-0.15, -0.1) is 11.8 Å². The van der Waals surface area contributed by atoms with Crippen LogP contribution in [-0.4, -0.2) is 59.9 Å². The third-order valence-electron chi connectivity index (χ3n) is 7.40. The zero-order valence-electron chi connectivity index (χ0n) is 22.5. The fourth-order valence-corrected chi connectivity index (χ4v) is 5.84. The Hall–Kier alpha value is -3.08. The topological polar surface area (TPSA) is 54.9 Å². The van der Waals surface area contributed by atoms with E-state index in [1.807, 2.05) is 48.9 Å². The molecular weight excluding hydrogens is 539 g/mol. The number of likely N-dealkylation sites (tertiary alicyclic amines) is 1. The van der Waals surface area contributed by atoms with Gasteiger partial charge in [-0.25, -0.2) is 4.79 Å². The van der Waals surface area contributed by atoms with Gasteiger partial charge < -0.3 is 9.47 Å². The summed E-state index contributed by atoms with van der Waals surface area (Å²) in [6.07, 6.45) is 2.77. The van der Waals surface area contributed by atoms with Crippen molar-refractivity contribution in [3.8, 4) is 11.5 Å². The Morgan fingerprint density at radius 3 is 2.45 bits per heavy atom. The van der Waals surface area contributed by atoms with E-state index in [9.17, 15) is 18.0 Å². The molecule has 40 heavy (non-hydrogen) atoms. The van der Waals surface area contributed by atoms with Crippen LogP contribution in [0, 0.1) is 0 Å². The highest BCUT2D eigenvalue weighted by Gasteiger charge is 2.45. The second-order valence-electron chi connectivity index (χ2n) is 10.3. The van der Waals surface area contributed by atoms with Crippen LogP contribution >= 0.6 is 11.8 Å². The summed E-state index contributed by atoms with van der Waals surface area (Å²) >= 11 is 1.63. The number of carbonyl (C=O) groups excluding carboxylic acids is 1. The van der Waals surface area contributed by atoms with Gasteiger partial charge in [0.1, 0.15) is 11.5 Å². The molecule has 0 amide bonds. The van der Waals surface area contributed by atoms with Crippen LogP contribution < -0.4 is 4.74 Å². The highest BCUT2D eigenvalue weighted by atomic mass is 32.2. The zero-order valence-corrected chi connectivity index (χ0v) is 23.3. The smallest absolute Gasteiger partial charge is 0.456 e. The van der Waals surface area contributed by atoms with Crippen molar-refractivity contribution in [2.24, 2.45) is 0 Å². The second-order valence-corrected chi connectivity index (χ2v) is 11.2. The van der Waals surface area contributed by atoms with Crippen molar-refractivity contribution in [1.29, 1.82) is 0 Å². The van der Waals surface area contributed by atoms with Gasteiger partial charge in [-0.2, -0.15) is 13.2 Å². The molecule has 0 N–H and O–H groups in total. The van der Waals surface area contributed by atoms with Crippen LogP contribution in [-0.2, 0) is 16.1 Å². The number of ether oxygens (including phenoxy) is 2. The van der Waals surface area contributed by atoms with Gasteiger partial charge in [0.2, 0.25) is 0 Å². The number of halogens is 3. The van der Waals surface area contributed by atoms with Crippen LogP contribution in [0.4, 0.5) is 13.2 Å². The standard InChI is InChI=1S/C30H32F3N3O3S/c1-35-19-27(21-6-9-24(40-2)10-7-21)25-11-8-22(15-26(25)28(35)39-29(37)30(31,32)33)38-23-14-20(16-34-17-23)18-36-12-4-3-5-13-36/h6-11,14-17,27-28H,3-5,12-13,18-19H2,1-2H3. The third kappa shape index (κ3) is 6.62. The first-order valence-electron chi connectivity index (χ1n) is 13.3. The highest BCUT2D eigenvalue weighted by Crippen LogP contribution is 2.42. The molecule has 2 aliphatic heterocycles. The maximum atomic E-state index is 13.2. The Morgan fingerprint density at radius 1 is 1.00 bits per heavy atom. The van der Waals surface area contributed by atoms with Crippen LogP contribution in [0.15, 0.2) is 65.8 Å². The van der Waals surface area contributed by atoms with Gasteiger partial charge >= 0.3 is 12.1 Å². The molecule has 0 radical (unpaired) electrons. The zero-order chi connectivity index (χ0) is 28.3. The molecule has 3 aromatic rings. The molecule has 3 heterocycles. The summed E-state index contributed by atoms with van der Waals surface area (Å²) in [5.74, 6) is -1.39. The molecule has 6 nitrogen and oxygen atoms in total. The molecule has 0 aliphatic carbocycles. The summed E-state index contributed by atoms with van der Waals surface area (Å²) in [6.45, 7) is 3.28. The van der Waals surface area contributed by atoms with Crippen molar-refractivity contribution >= 4 is 17.7 Å². The van der Waals surface area contributed by atoms with Gasteiger partial charge in [0.25, 0.3) is 0 Å². The summed E-state index contributed by atoms with van der Waals surface area (Å²) in [4.78, 5) is 21.3. The number of alkyl halides is 3. The number of benzene rings is 2. The summed E-state index contributed by atoms with van der Waals surface area (Å²) in [7, 11) is 1.65. The lowest BCUT2D eigenvalue weighted by Crippen LogP contribution is -2.40. The minimum absolute atomic E-state index is 0.125. The molecule has 0 bridgehead atoms. The molecule has 212 valence electrons. The molecule has 2 unspecified atom stereocenters. The van der Waals surface area contributed by atoms with Crippen molar-refractivity contribution in [2.75, 3.05) is 32.9 Å². The summed E-state index contributed by atoms with van der Waals surface area (Å²) in [6, 6.07) is 15.4. The number of likely N-dealkylation sites (N-methyl/N-ethyl adjacent to an activating group) is 1. The van der Waals surface area contributed by atoms with Gasteiger partial charge in [-0.1, -0.05) is 24.6 Å². The number of aromatic nitrogens is 1. The van der Waals surface area contributed by atoms with Crippen molar-refractivity contribution in [1.82, 2.24) is 14.8 Å². The maximum absolute atomic E-state index is 13.2. The maximum Gasteiger partial charge on any atom is 0.490 e. The number of thioether (sulfide) groups is 1. The van der Waals surface area contributed by atoms with Crippen LogP contribution in [0.5, 0.6) is 11.5 Å². The Kier molecular flexibility index (Phi) is 8.68. The molecule has 1 fully saturated rings. The normalized spacial score (nSPS) is 20.1. The predicted molar refractivity (Wildman–Crippen MR) is 147 cm³/mol. The molecular formula is C30H32F3N3O3S.